The minimum atomic E-state index is -0.133. The van der Waals surface area contributed by atoms with Crippen LogP contribution in [0.4, 0.5) is 0 Å². The topological polar surface area (TPSA) is 20.2 Å². The Hall–Kier alpha value is -0.470. The molecule has 0 unspecified atom stereocenters. The predicted molar refractivity (Wildman–Crippen MR) is 93.3 cm³/mol. The third-order valence-electron chi connectivity index (χ3n) is 4.34. The Morgan fingerprint density at radius 1 is 0.905 bits per heavy atom. The van der Waals surface area contributed by atoms with E-state index in [1.165, 1.54) is 16.0 Å². The Morgan fingerprint density at radius 2 is 1.43 bits per heavy atom. The Balaban J connectivity index is 2.36. The first-order valence-electron chi connectivity index (χ1n) is 8.08. The molecule has 1 N–H and O–H groups in total. The molecule has 0 spiro atoms. The van der Waals surface area contributed by atoms with E-state index >= 15 is 0 Å². The van der Waals surface area contributed by atoms with Gasteiger partial charge in [-0.25, -0.2) is 0 Å². The van der Waals surface area contributed by atoms with Gasteiger partial charge in [0.05, 0.1) is 6.10 Å². The number of rotatable bonds is 2. The van der Waals surface area contributed by atoms with Gasteiger partial charge in [-0.1, -0.05) is 47.6 Å². The first-order chi connectivity index (χ1) is 9.57. The highest BCUT2D eigenvalue weighted by Crippen LogP contribution is 2.39. The molecule has 2 heteroatoms. The fraction of sp³-hybridized carbons (Fsp3) is 0.684. The van der Waals surface area contributed by atoms with Gasteiger partial charge in [-0.15, -0.1) is 11.8 Å². The third kappa shape index (κ3) is 4.26. The lowest BCUT2D eigenvalue weighted by Crippen LogP contribution is -2.18. The maximum absolute atomic E-state index is 10.1. The molecule has 1 aromatic carbocycles. The molecule has 2 atom stereocenters. The summed E-state index contributed by atoms with van der Waals surface area (Å²) in [6, 6.07) is 7.00. The zero-order chi connectivity index (χ0) is 15.8. The van der Waals surface area contributed by atoms with Gasteiger partial charge in [0.25, 0.3) is 0 Å². The van der Waals surface area contributed by atoms with E-state index in [9.17, 15) is 5.11 Å². The largest absolute Gasteiger partial charge is 0.392 e. The van der Waals surface area contributed by atoms with Crippen molar-refractivity contribution in [3.8, 4) is 0 Å². The predicted octanol–water partition coefficient (Wildman–Crippen LogP) is 5.29. The van der Waals surface area contributed by atoms with Crippen molar-refractivity contribution in [1.82, 2.24) is 0 Å². The lowest BCUT2D eigenvalue weighted by Gasteiger charge is -2.27. The van der Waals surface area contributed by atoms with Crippen LogP contribution in [0.3, 0.4) is 0 Å². The van der Waals surface area contributed by atoms with Crippen LogP contribution in [0.5, 0.6) is 0 Å². The van der Waals surface area contributed by atoms with Crippen molar-refractivity contribution in [2.75, 3.05) is 0 Å². The number of aliphatic hydroxyl groups excluding tert-OH is 1. The normalized spacial score (nSPS) is 23.6. The molecule has 1 aliphatic rings. The molecule has 21 heavy (non-hydrogen) atoms. The van der Waals surface area contributed by atoms with E-state index in [1.807, 2.05) is 11.8 Å². The van der Waals surface area contributed by atoms with E-state index in [0.717, 1.165) is 19.3 Å². The number of thioether (sulfide) groups is 1. The molecule has 1 aromatic rings. The summed E-state index contributed by atoms with van der Waals surface area (Å²) >= 11 is 1.87. The lowest BCUT2D eigenvalue weighted by molar-refractivity contribution is 0.188. The number of benzene rings is 1. The van der Waals surface area contributed by atoms with Crippen LogP contribution in [-0.2, 0) is 10.8 Å². The number of hydrogen-bond donors (Lipinski definition) is 1. The van der Waals surface area contributed by atoms with E-state index in [2.05, 4.69) is 59.7 Å². The fourth-order valence-corrected chi connectivity index (χ4v) is 4.07. The highest BCUT2D eigenvalue weighted by molar-refractivity contribution is 8.00. The summed E-state index contributed by atoms with van der Waals surface area (Å²) < 4.78 is 0. The van der Waals surface area contributed by atoms with Crippen molar-refractivity contribution in [3.63, 3.8) is 0 Å². The second kappa shape index (κ2) is 5.96. The third-order valence-corrected chi connectivity index (χ3v) is 5.70. The minimum Gasteiger partial charge on any atom is -0.392 e. The van der Waals surface area contributed by atoms with Crippen molar-refractivity contribution in [1.29, 1.82) is 0 Å². The van der Waals surface area contributed by atoms with Crippen LogP contribution in [0.15, 0.2) is 23.1 Å². The SMILES string of the molecule is CC(C)(C)c1cc(S[C@H]2CCC[C@H]2O)cc(C(C)(C)C)c1. The first-order valence-corrected chi connectivity index (χ1v) is 8.96. The summed E-state index contributed by atoms with van der Waals surface area (Å²) in [6.07, 6.45) is 3.12. The van der Waals surface area contributed by atoms with Gasteiger partial charge in [0.2, 0.25) is 0 Å². The van der Waals surface area contributed by atoms with E-state index in [4.69, 9.17) is 0 Å². The van der Waals surface area contributed by atoms with Crippen LogP contribution < -0.4 is 0 Å². The maximum atomic E-state index is 10.1. The molecule has 1 nitrogen and oxygen atoms in total. The lowest BCUT2D eigenvalue weighted by atomic mass is 9.81. The fourth-order valence-electron chi connectivity index (χ4n) is 2.75. The van der Waals surface area contributed by atoms with Crippen LogP contribution in [-0.4, -0.2) is 16.5 Å². The van der Waals surface area contributed by atoms with Crippen molar-refractivity contribution >= 4 is 11.8 Å². The molecule has 0 bridgehead atoms. The van der Waals surface area contributed by atoms with Crippen LogP contribution in [0.1, 0.15) is 71.9 Å². The van der Waals surface area contributed by atoms with Crippen molar-refractivity contribution in [2.24, 2.45) is 0 Å². The van der Waals surface area contributed by atoms with Gasteiger partial charge in [0.15, 0.2) is 0 Å². The molecule has 0 amide bonds. The van der Waals surface area contributed by atoms with Gasteiger partial charge in [-0.2, -0.15) is 0 Å². The smallest absolute Gasteiger partial charge is 0.0662 e. The summed E-state index contributed by atoms with van der Waals surface area (Å²) in [4.78, 5) is 1.32. The second-order valence-corrected chi connectivity index (χ2v) is 9.71. The first kappa shape index (κ1) is 16.9. The molecule has 1 aliphatic carbocycles. The molecular formula is C19H30OS. The van der Waals surface area contributed by atoms with Gasteiger partial charge in [-0.3, -0.25) is 0 Å². The Labute approximate surface area is 134 Å². The molecule has 0 saturated heterocycles. The highest BCUT2D eigenvalue weighted by Gasteiger charge is 2.27. The zero-order valence-electron chi connectivity index (χ0n) is 14.4. The van der Waals surface area contributed by atoms with Crippen LogP contribution in [0.25, 0.3) is 0 Å². The van der Waals surface area contributed by atoms with Gasteiger partial charge >= 0.3 is 0 Å². The molecule has 0 aliphatic heterocycles. The van der Waals surface area contributed by atoms with Crippen molar-refractivity contribution in [2.45, 2.75) is 87.9 Å². The minimum absolute atomic E-state index is 0.133. The summed E-state index contributed by atoms with van der Waals surface area (Å²) in [7, 11) is 0. The second-order valence-electron chi connectivity index (χ2n) is 8.40. The summed E-state index contributed by atoms with van der Waals surface area (Å²) in [5.74, 6) is 0. The van der Waals surface area contributed by atoms with E-state index in [0.29, 0.717) is 5.25 Å². The Bertz CT molecular complexity index is 461. The monoisotopic (exact) mass is 306 g/mol. The average Bonchev–Trinajstić information content (AvgIpc) is 2.72. The number of aliphatic hydroxyl groups is 1. The standard InChI is InChI=1S/C19H30OS/c1-18(2,3)13-10-14(19(4,5)6)12-15(11-13)21-17-9-7-8-16(17)20/h10-12,16-17,20H,7-9H2,1-6H3/t16-,17+/m1/s1. The highest BCUT2D eigenvalue weighted by atomic mass is 32.2. The maximum Gasteiger partial charge on any atom is 0.0662 e. The van der Waals surface area contributed by atoms with E-state index < -0.39 is 0 Å². The molecule has 0 radical (unpaired) electrons. The average molecular weight is 307 g/mol. The van der Waals surface area contributed by atoms with Gasteiger partial charge in [0, 0.05) is 10.1 Å². The van der Waals surface area contributed by atoms with Crippen LogP contribution >= 0.6 is 11.8 Å². The molecular weight excluding hydrogens is 276 g/mol. The van der Waals surface area contributed by atoms with Crippen LogP contribution in [0, 0.1) is 0 Å². The van der Waals surface area contributed by atoms with Crippen molar-refractivity contribution < 1.29 is 5.11 Å². The van der Waals surface area contributed by atoms with Crippen molar-refractivity contribution in [3.05, 3.63) is 29.3 Å². The molecule has 0 aromatic heterocycles. The molecule has 0 heterocycles. The van der Waals surface area contributed by atoms with E-state index in [-0.39, 0.29) is 16.9 Å². The van der Waals surface area contributed by atoms with Gasteiger partial charge in [-0.05, 0) is 53.4 Å². The quantitative estimate of drug-likeness (QED) is 0.801. The molecule has 1 fully saturated rings. The summed E-state index contributed by atoms with van der Waals surface area (Å²) in [5, 5.41) is 10.5. The molecule has 2 rings (SSSR count). The zero-order valence-corrected chi connectivity index (χ0v) is 15.2. The molecule has 118 valence electrons. The van der Waals surface area contributed by atoms with E-state index in [1.54, 1.807) is 0 Å². The Morgan fingerprint density at radius 3 is 1.81 bits per heavy atom. The summed E-state index contributed by atoms with van der Waals surface area (Å²) in [5.41, 5.74) is 3.10. The summed E-state index contributed by atoms with van der Waals surface area (Å²) in [6.45, 7) is 13.6. The van der Waals surface area contributed by atoms with Gasteiger partial charge in [0.1, 0.15) is 0 Å². The number of hydrogen-bond acceptors (Lipinski definition) is 2. The van der Waals surface area contributed by atoms with Gasteiger partial charge < -0.3 is 5.11 Å². The molecule has 1 saturated carbocycles. The van der Waals surface area contributed by atoms with Crippen LogP contribution in [0.2, 0.25) is 0 Å². The Kier molecular flexibility index (Phi) is 4.80.